The topological polar surface area (TPSA) is 59.0 Å². The average molecular weight is 305 g/mol. The maximum absolute atomic E-state index is 8.95. The summed E-state index contributed by atoms with van der Waals surface area (Å²) in [4.78, 5) is 0.984. The van der Waals surface area contributed by atoms with Gasteiger partial charge in [0.05, 0.1) is 12.7 Å². The number of hydrogen-bond acceptors (Lipinski definition) is 4. The second-order valence-electron chi connectivity index (χ2n) is 4.12. The predicted molar refractivity (Wildman–Crippen MR) is 83.1 cm³/mol. The van der Waals surface area contributed by atoms with Gasteiger partial charge in [-0.3, -0.25) is 0 Å². The zero-order valence-electron chi connectivity index (χ0n) is 10.9. The molecule has 2 rings (SSSR count). The molecule has 20 heavy (non-hydrogen) atoms. The molecule has 0 aliphatic rings. The van der Waals surface area contributed by atoms with Gasteiger partial charge in [0.15, 0.2) is 0 Å². The van der Waals surface area contributed by atoms with Crippen molar-refractivity contribution in [2.24, 2.45) is 0 Å². The van der Waals surface area contributed by atoms with Crippen molar-refractivity contribution in [2.75, 3.05) is 12.8 Å². The van der Waals surface area contributed by atoms with Gasteiger partial charge in [-0.1, -0.05) is 17.7 Å². The first kappa shape index (κ1) is 14.6. The number of nitrogens with two attached hydrogens (primary N) is 1. The minimum Gasteiger partial charge on any atom is -0.495 e. The molecule has 102 valence electrons. The van der Waals surface area contributed by atoms with Crippen LogP contribution in [0.2, 0.25) is 5.02 Å². The van der Waals surface area contributed by atoms with Crippen LogP contribution in [0.1, 0.15) is 11.1 Å². The summed E-state index contributed by atoms with van der Waals surface area (Å²) in [5, 5.41) is 9.58. The van der Waals surface area contributed by atoms with E-state index in [9.17, 15) is 0 Å². The lowest BCUT2D eigenvalue weighted by atomic mass is 10.1. The quantitative estimate of drug-likeness (QED) is 0.682. The summed E-state index contributed by atoms with van der Waals surface area (Å²) in [6.45, 7) is 0. The van der Waals surface area contributed by atoms with E-state index < -0.39 is 0 Å². The van der Waals surface area contributed by atoms with E-state index in [4.69, 9.17) is 27.3 Å². The van der Waals surface area contributed by atoms with Gasteiger partial charge in [-0.25, -0.2) is 0 Å². The van der Waals surface area contributed by atoms with Gasteiger partial charge in [-0.15, -0.1) is 11.8 Å². The molecule has 2 N–H and O–H groups in total. The van der Waals surface area contributed by atoms with Crippen molar-refractivity contribution >= 4 is 29.1 Å². The molecule has 0 aromatic heterocycles. The highest BCUT2D eigenvalue weighted by molar-refractivity contribution is 7.98. The fraction of sp³-hybridized carbons (Fsp3) is 0.133. The van der Waals surface area contributed by atoms with Gasteiger partial charge in [-0.05, 0) is 35.9 Å². The first-order valence-electron chi connectivity index (χ1n) is 5.89. The summed E-state index contributed by atoms with van der Waals surface area (Å²) in [7, 11) is 1.56. The zero-order chi connectivity index (χ0) is 14.5. The molecule has 2 aromatic rings. The molecule has 5 heteroatoms. The van der Waals surface area contributed by atoms with Crippen molar-refractivity contribution in [2.45, 2.75) is 10.6 Å². The summed E-state index contributed by atoms with van der Waals surface area (Å²) in [5.74, 6) is 1.34. The van der Waals surface area contributed by atoms with Crippen molar-refractivity contribution in [1.82, 2.24) is 0 Å². The minimum absolute atomic E-state index is 0.534. The third kappa shape index (κ3) is 3.38. The van der Waals surface area contributed by atoms with Crippen molar-refractivity contribution < 1.29 is 4.74 Å². The summed E-state index contributed by atoms with van der Waals surface area (Å²) in [6.07, 6.45) is 0. The van der Waals surface area contributed by atoms with E-state index >= 15 is 0 Å². The van der Waals surface area contributed by atoms with Crippen LogP contribution in [-0.2, 0) is 5.75 Å². The lowest BCUT2D eigenvalue weighted by Gasteiger charge is -2.08. The molecule has 0 saturated heterocycles. The lowest BCUT2D eigenvalue weighted by Crippen LogP contribution is -1.91. The van der Waals surface area contributed by atoms with E-state index in [1.165, 1.54) is 0 Å². The number of hydrogen-bond donors (Lipinski definition) is 1. The molecular weight excluding hydrogens is 292 g/mol. The monoisotopic (exact) mass is 304 g/mol. The first-order chi connectivity index (χ1) is 9.63. The highest BCUT2D eigenvalue weighted by Gasteiger charge is 2.06. The van der Waals surface area contributed by atoms with Crippen LogP contribution >= 0.6 is 23.4 Å². The number of nitrogen functional groups attached to an aromatic ring is 1. The van der Waals surface area contributed by atoms with Gasteiger partial charge >= 0.3 is 0 Å². The number of anilines is 1. The molecule has 0 bridgehead atoms. The molecule has 0 aliphatic carbocycles. The Hall–Kier alpha value is -1.83. The fourth-order valence-electron chi connectivity index (χ4n) is 1.73. The third-order valence-electron chi connectivity index (χ3n) is 2.75. The van der Waals surface area contributed by atoms with E-state index in [0.717, 1.165) is 16.2 Å². The number of nitrogens with zero attached hydrogens (tertiary/aromatic N) is 1. The molecule has 0 radical (unpaired) electrons. The number of nitriles is 1. The first-order valence-corrected chi connectivity index (χ1v) is 7.25. The molecule has 2 aromatic carbocycles. The maximum Gasteiger partial charge on any atom is 0.136 e. The average Bonchev–Trinajstić information content (AvgIpc) is 2.46. The van der Waals surface area contributed by atoms with Gasteiger partial charge in [0.2, 0.25) is 0 Å². The second-order valence-corrected chi connectivity index (χ2v) is 5.57. The molecule has 0 unspecified atom stereocenters. The summed E-state index contributed by atoms with van der Waals surface area (Å²) < 4.78 is 5.19. The summed E-state index contributed by atoms with van der Waals surface area (Å²) in [6, 6.07) is 13.1. The van der Waals surface area contributed by atoms with Gasteiger partial charge < -0.3 is 10.5 Å². The Morgan fingerprint density at radius 3 is 2.75 bits per heavy atom. The molecular formula is C15H13ClN2OS. The molecule has 0 fully saturated rings. The summed E-state index contributed by atoms with van der Waals surface area (Å²) in [5.41, 5.74) is 8.19. The largest absolute Gasteiger partial charge is 0.495 e. The van der Waals surface area contributed by atoms with E-state index in [2.05, 4.69) is 6.07 Å². The summed E-state index contributed by atoms with van der Waals surface area (Å²) >= 11 is 7.49. The van der Waals surface area contributed by atoms with E-state index in [0.29, 0.717) is 22.0 Å². The van der Waals surface area contributed by atoms with Crippen LogP contribution in [-0.4, -0.2) is 7.11 Å². The predicted octanol–water partition coefficient (Wildman–Crippen LogP) is 4.09. The molecule has 0 atom stereocenters. The number of rotatable bonds is 4. The normalized spacial score (nSPS) is 10.1. The Bertz CT molecular complexity index is 667. The SMILES string of the molecule is COc1cc(CSc2ccc(Cl)cc2N)ccc1C#N. The molecule has 0 saturated carbocycles. The van der Waals surface area contributed by atoms with E-state index in [1.54, 1.807) is 31.0 Å². The van der Waals surface area contributed by atoms with Crippen molar-refractivity contribution in [1.29, 1.82) is 5.26 Å². The van der Waals surface area contributed by atoms with Crippen molar-refractivity contribution in [3.05, 3.63) is 52.5 Å². The highest BCUT2D eigenvalue weighted by atomic mass is 35.5. The van der Waals surface area contributed by atoms with Crippen LogP contribution in [0.4, 0.5) is 5.69 Å². The van der Waals surface area contributed by atoms with Gasteiger partial charge in [0.1, 0.15) is 11.8 Å². The van der Waals surface area contributed by atoms with Crippen molar-refractivity contribution in [3.63, 3.8) is 0 Å². The number of thioether (sulfide) groups is 1. The number of benzene rings is 2. The van der Waals surface area contributed by atoms with E-state index in [1.807, 2.05) is 24.3 Å². The van der Waals surface area contributed by atoms with Crippen LogP contribution in [0.25, 0.3) is 0 Å². The maximum atomic E-state index is 8.95. The van der Waals surface area contributed by atoms with Crippen LogP contribution in [0.3, 0.4) is 0 Å². The van der Waals surface area contributed by atoms with Crippen LogP contribution in [0.15, 0.2) is 41.3 Å². The molecule has 3 nitrogen and oxygen atoms in total. The molecule has 0 amide bonds. The zero-order valence-corrected chi connectivity index (χ0v) is 12.5. The van der Waals surface area contributed by atoms with Gasteiger partial charge in [-0.2, -0.15) is 5.26 Å². The Balaban J connectivity index is 2.13. The van der Waals surface area contributed by atoms with E-state index in [-0.39, 0.29) is 0 Å². The standard InChI is InChI=1S/C15H13ClN2OS/c1-19-14-6-10(2-3-11(14)8-17)9-20-15-5-4-12(16)7-13(15)18/h2-7H,9,18H2,1H3. The minimum atomic E-state index is 0.534. The molecule has 0 spiro atoms. The third-order valence-corrected chi connectivity index (χ3v) is 4.15. The van der Waals surface area contributed by atoms with Gasteiger partial charge in [0.25, 0.3) is 0 Å². The number of methoxy groups -OCH3 is 1. The Labute approximate surface area is 127 Å². The number of ether oxygens (including phenoxy) is 1. The second kappa shape index (κ2) is 6.56. The van der Waals surface area contributed by atoms with Gasteiger partial charge in [0, 0.05) is 21.4 Å². The molecule has 0 aliphatic heterocycles. The Morgan fingerprint density at radius 1 is 1.30 bits per heavy atom. The number of halogens is 1. The van der Waals surface area contributed by atoms with Crippen LogP contribution in [0, 0.1) is 11.3 Å². The van der Waals surface area contributed by atoms with Crippen molar-refractivity contribution in [3.8, 4) is 11.8 Å². The Morgan fingerprint density at radius 2 is 2.10 bits per heavy atom. The lowest BCUT2D eigenvalue weighted by molar-refractivity contribution is 0.413. The van der Waals surface area contributed by atoms with Crippen LogP contribution in [0.5, 0.6) is 5.75 Å². The molecule has 0 heterocycles. The fourth-order valence-corrected chi connectivity index (χ4v) is 2.80. The highest BCUT2D eigenvalue weighted by Crippen LogP contribution is 2.31. The van der Waals surface area contributed by atoms with Crippen LogP contribution < -0.4 is 10.5 Å². The Kier molecular flexibility index (Phi) is 4.78. The smallest absolute Gasteiger partial charge is 0.136 e.